The van der Waals surface area contributed by atoms with E-state index in [-0.39, 0.29) is 11.5 Å². The number of nitrogens with one attached hydrogen (secondary N) is 2. The van der Waals surface area contributed by atoms with Crippen molar-refractivity contribution in [2.24, 2.45) is 12.8 Å². The molecule has 0 unspecified atom stereocenters. The minimum Gasteiger partial charge on any atom is -0.351 e. The fourth-order valence-electron chi connectivity index (χ4n) is 1.12. The molecule has 1 rings (SSSR count). The second-order valence-corrected chi connectivity index (χ2v) is 3.37. The molecule has 7 nitrogen and oxygen atoms in total. The van der Waals surface area contributed by atoms with Crippen LogP contribution in [0.25, 0.3) is 6.08 Å². The van der Waals surface area contributed by atoms with E-state index < -0.39 is 11.2 Å². The van der Waals surface area contributed by atoms with Crippen LogP contribution in [0.1, 0.15) is 5.56 Å². The lowest BCUT2D eigenvalue weighted by Gasteiger charge is -1.99. The Morgan fingerprint density at radius 2 is 2.29 bits per heavy atom. The van der Waals surface area contributed by atoms with Gasteiger partial charge in [0.1, 0.15) is 0 Å². The third kappa shape index (κ3) is 3.72. The summed E-state index contributed by atoms with van der Waals surface area (Å²) in [6.07, 6.45) is 3.91. The number of H-pyrrole nitrogens is 1. The highest BCUT2D eigenvalue weighted by Crippen LogP contribution is 1.90. The summed E-state index contributed by atoms with van der Waals surface area (Å²) in [5.41, 5.74) is 4.41. The highest BCUT2D eigenvalue weighted by atomic mass is 16.2. The predicted molar refractivity (Wildman–Crippen MR) is 63.4 cm³/mol. The molecule has 0 saturated heterocycles. The first kappa shape index (κ1) is 12.9. The van der Waals surface area contributed by atoms with Crippen LogP contribution in [-0.2, 0) is 11.8 Å². The highest BCUT2D eigenvalue weighted by molar-refractivity contribution is 5.91. The van der Waals surface area contributed by atoms with Crippen molar-refractivity contribution in [3.05, 3.63) is 38.7 Å². The lowest BCUT2D eigenvalue weighted by Crippen LogP contribution is -2.29. The van der Waals surface area contributed by atoms with Crippen molar-refractivity contribution in [1.29, 1.82) is 0 Å². The average molecular weight is 238 g/mol. The van der Waals surface area contributed by atoms with Gasteiger partial charge >= 0.3 is 5.69 Å². The van der Waals surface area contributed by atoms with Crippen LogP contribution in [-0.4, -0.2) is 28.5 Å². The van der Waals surface area contributed by atoms with Gasteiger partial charge in [0.15, 0.2) is 0 Å². The van der Waals surface area contributed by atoms with Gasteiger partial charge in [-0.2, -0.15) is 0 Å². The molecule has 0 aliphatic carbocycles. The van der Waals surface area contributed by atoms with Crippen LogP contribution in [0.15, 0.2) is 21.9 Å². The molecule has 0 atom stereocenters. The smallest absolute Gasteiger partial charge is 0.328 e. The Morgan fingerprint density at radius 1 is 1.59 bits per heavy atom. The van der Waals surface area contributed by atoms with E-state index in [1.165, 1.54) is 30.0 Å². The van der Waals surface area contributed by atoms with Crippen LogP contribution in [0.3, 0.4) is 0 Å². The van der Waals surface area contributed by atoms with Gasteiger partial charge in [-0.05, 0) is 6.08 Å². The van der Waals surface area contributed by atoms with Gasteiger partial charge in [-0.25, -0.2) is 4.79 Å². The molecule has 0 fully saturated rings. The molecule has 0 aliphatic heterocycles. The summed E-state index contributed by atoms with van der Waals surface area (Å²) in [4.78, 5) is 35.7. The average Bonchev–Trinajstić information content (AvgIpc) is 2.29. The first-order chi connectivity index (χ1) is 8.04. The standard InChI is InChI=1S/C10H14N4O3/c1-14-6-7(9(16)13-10(14)17)2-3-8(15)12-5-4-11/h2-3,6H,4-5,11H2,1H3,(H,12,15)(H,13,16,17). The van der Waals surface area contributed by atoms with E-state index in [9.17, 15) is 14.4 Å². The van der Waals surface area contributed by atoms with Crippen molar-refractivity contribution in [2.45, 2.75) is 0 Å². The Labute approximate surface area is 97.0 Å². The molecule has 1 aromatic heterocycles. The summed E-state index contributed by atoms with van der Waals surface area (Å²) >= 11 is 0. The minimum absolute atomic E-state index is 0.231. The van der Waals surface area contributed by atoms with E-state index in [0.717, 1.165) is 0 Å². The second kappa shape index (κ2) is 5.80. The number of nitrogens with two attached hydrogens (primary N) is 1. The first-order valence-electron chi connectivity index (χ1n) is 5.00. The van der Waals surface area contributed by atoms with Crippen LogP contribution in [0.2, 0.25) is 0 Å². The first-order valence-corrected chi connectivity index (χ1v) is 5.00. The molecule has 0 aromatic carbocycles. The third-order valence-electron chi connectivity index (χ3n) is 1.99. The quantitative estimate of drug-likeness (QED) is 0.535. The molecule has 4 N–H and O–H groups in total. The summed E-state index contributed by atoms with van der Waals surface area (Å²) in [5.74, 6) is -0.344. The normalized spacial score (nSPS) is 10.7. The number of hydrogen-bond donors (Lipinski definition) is 3. The number of aryl methyl sites for hydroxylation is 1. The molecule has 0 aliphatic rings. The Kier molecular flexibility index (Phi) is 4.41. The number of rotatable bonds is 4. The van der Waals surface area contributed by atoms with Gasteiger partial charge in [-0.1, -0.05) is 0 Å². The molecule has 17 heavy (non-hydrogen) atoms. The van der Waals surface area contributed by atoms with Crippen LogP contribution in [0.5, 0.6) is 0 Å². The maximum Gasteiger partial charge on any atom is 0.328 e. The zero-order chi connectivity index (χ0) is 12.8. The van der Waals surface area contributed by atoms with Crippen LogP contribution < -0.4 is 22.3 Å². The highest BCUT2D eigenvalue weighted by Gasteiger charge is 1.99. The molecular formula is C10H14N4O3. The number of amides is 1. The maximum atomic E-state index is 11.3. The molecule has 0 saturated carbocycles. The van der Waals surface area contributed by atoms with E-state index in [2.05, 4.69) is 10.3 Å². The van der Waals surface area contributed by atoms with E-state index >= 15 is 0 Å². The lowest BCUT2D eigenvalue weighted by molar-refractivity contribution is -0.116. The second-order valence-electron chi connectivity index (χ2n) is 3.37. The zero-order valence-electron chi connectivity index (χ0n) is 9.40. The zero-order valence-corrected chi connectivity index (χ0v) is 9.40. The van der Waals surface area contributed by atoms with Gasteiger partial charge in [0.05, 0.1) is 5.56 Å². The van der Waals surface area contributed by atoms with Gasteiger partial charge < -0.3 is 15.6 Å². The summed E-state index contributed by atoms with van der Waals surface area (Å²) in [6.45, 7) is 0.715. The molecule has 7 heteroatoms. The van der Waals surface area contributed by atoms with Crippen LogP contribution in [0.4, 0.5) is 0 Å². The number of aromatic amines is 1. The third-order valence-corrected chi connectivity index (χ3v) is 1.99. The van der Waals surface area contributed by atoms with Gasteiger partial charge in [0.25, 0.3) is 5.56 Å². The molecule has 1 aromatic rings. The Bertz CT molecular complexity index is 541. The van der Waals surface area contributed by atoms with E-state index in [1.54, 1.807) is 0 Å². The SMILES string of the molecule is Cn1cc(C=CC(=O)NCCN)c(=O)[nH]c1=O. The predicted octanol–water partition coefficient (Wildman–Crippen LogP) is -1.84. The summed E-state index contributed by atoms with van der Waals surface area (Å²) in [7, 11) is 1.50. The maximum absolute atomic E-state index is 11.3. The summed E-state index contributed by atoms with van der Waals surface area (Å²) in [6, 6.07) is 0. The summed E-state index contributed by atoms with van der Waals surface area (Å²) in [5, 5.41) is 2.52. The largest absolute Gasteiger partial charge is 0.351 e. The van der Waals surface area contributed by atoms with Gasteiger partial charge in [-0.3, -0.25) is 14.6 Å². The Balaban J connectivity index is 2.85. The van der Waals surface area contributed by atoms with E-state index in [4.69, 9.17) is 5.73 Å². The van der Waals surface area contributed by atoms with Crippen molar-refractivity contribution in [3.63, 3.8) is 0 Å². The number of carbonyl (C=O) groups excluding carboxylic acids is 1. The molecular weight excluding hydrogens is 224 g/mol. The minimum atomic E-state index is -0.532. The Hall–Kier alpha value is -2.15. The van der Waals surface area contributed by atoms with E-state index in [0.29, 0.717) is 13.1 Å². The van der Waals surface area contributed by atoms with Gasteiger partial charge in [0.2, 0.25) is 5.91 Å². The molecule has 0 spiro atoms. The van der Waals surface area contributed by atoms with Gasteiger partial charge in [0, 0.05) is 32.4 Å². The van der Waals surface area contributed by atoms with Crippen molar-refractivity contribution in [2.75, 3.05) is 13.1 Å². The number of nitrogens with zero attached hydrogens (tertiary/aromatic N) is 1. The monoisotopic (exact) mass is 238 g/mol. The molecule has 0 radical (unpaired) electrons. The molecule has 1 heterocycles. The number of carbonyl (C=O) groups is 1. The van der Waals surface area contributed by atoms with Crippen molar-refractivity contribution < 1.29 is 4.79 Å². The fraction of sp³-hybridized carbons (Fsp3) is 0.300. The fourth-order valence-corrected chi connectivity index (χ4v) is 1.12. The van der Waals surface area contributed by atoms with Crippen molar-refractivity contribution in [1.82, 2.24) is 14.9 Å². The van der Waals surface area contributed by atoms with E-state index in [1.807, 2.05) is 0 Å². The van der Waals surface area contributed by atoms with Crippen LogP contribution >= 0.6 is 0 Å². The van der Waals surface area contributed by atoms with Crippen molar-refractivity contribution in [3.8, 4) is 0 Å². The van der Waals surface area contributed by atoms with Crippen LogP contribution in [0, 0.1) is 0 Å². The molecule has 92 valence electrons. The Morgan fingerprint density at radius 3 is 2.94 bits per heavy atom. The molecule has 0 bridgehead atoms. The topological polar surface area (TPSA) is 110 Å². The lowest BCUT2D eigenvalue weighted by atomic mass is 10.3. The van der Waals surface area contributed by atoms with Gasteiger partial charge in [-0.15, -0.1) is 0 Å². The summed E-state index contributed by atoms with van der Waals surface area (Å²) < 4.78 is 1.22. The number of hydrogen-bond acceptors (Lipinski definition) is 4. The number of aromatic nitrogens is 2. The van der Waals surface area contributed by atoms with Crippen molar-refractivity contribution >= 4 is 12.0 Å². The molecule has 1 amide bonds.